The van der Waals surface area contributed by atoms with Gasteiger partial charge >= 0.3 is 12.2 Å². The summed E-state index contributed by atoms with van der Waals surface area (Å²) < 4.78 is 45.1. The summed E-state index contributed by atoms with van der Waals surface area (Å²) >= 11 is 1.41. The maximum absolute atomic E-state index is 13.6. The number of anilines is 2. The molecule has 0 unspecified atom stereocenters. The molecule has 0 radical (unpaired) electrons. The van der Waals surface area contributed by atoms with Crippen molar-refractivity contribution in [2.75, 3.05) is 75.3 Å². The Hall–Kier alpha value is -2.44. The van der Waals surface area contributed by atoms with Gasteiger partial charge in [-0.2, -0.15) is 17.9 Å². The van der Waals surface area contributed by atoms with Crippen molar-refractivity contribution in [1.82, 2.24) is 24.5 Å². The first-order chi connectivity index (χ1) is 17.7. The van der Waals surface area contributed by atoms with Crippen LogP contribution >= 0.6 is 11.9 Å². The lowest BCUT2D eigenvalue weighted by Gasteiger charge is -2.53. The Balaban J connectivity index is 1.24. The average molecular weight is 538 g/mol. The van der Waals surface area contributed by atoms with Crippen LogP contribution in [0, 0.1) is 5.41 Å². The number of rotatable bonds is 5. The van der Waals surface area contributed by atoms with Crippen molar-refractivity contribution in [3.8, 4) is 0 Å². The SMILES string of the molecule is CSNc1ccn(C(=O)N2CCN(Cc3ccc(C(F)(F)F)cc3N3CCC4(CC3)CN(C)C4)CC2)n1. The van der Waals surface area contributed by atoms with Crippen LogP contribution in [-0.4, -0.2) is 96.2 Å². The van der Waals surface area contributed by atoms with E-state index in [0.29, 0.717) is 49.6 Å². The topological polar surface area (TPSA) is 59.9 Å². The number of benzene rings is 1. The third-order valence-electron chi connectivity index (χ3n) is 7.82. The summed E-state index contributed by atoms with van der Waals surface area (Å²) in [5, 5.41) is 4.26. The van der Waals surface area contributed by atoms with Gasteiger partial charge in [0, 0.05) is 83.1 Å². The largest absolute Gasteiger partial charge is 0.416 e. The Morgan fingerprint density at radius 3 is 2.41 bits per heavy atom. The molecule has 0 bridgehead atoms. The highest BCUT2D eigenvalue weighted by atomic mass is 32.2. The van der Waals surface area contributed by atoms with Gasteiger partial charge in [0.25, 0.3) is 0 Å². The van der Waals surface area contributed by atoms with Gasteiger partial charge in [0.05, 0.1) is 5.56 Å². The first-order valence-electron chi connectivity index (χ1n) is 12.7. The second-order valence-corrected chi connectivity index (χ2v) is 11.1. The van der Waals surface area contributed by atoms with Crippen LogP contribution in [0.3, 0.4) is 0 Å². The smallest absolute Gasteiger partial charge is 0.371 e. The van der Waals surface area contributed by atoms with Crippen molar-refractivity contribution in [1.29, 1.82) is 0 Å². The predicted molar refractivity (Wildman–Crippen MR) is 140 cm³/mol. The average Bonchev–Trinajstić information content (AvgIpc) is 3.32. The van der Waals surface area contributed by atoms with Gasteiger partial charge in [0.2, 0.25) is 0 Å². The molecule has 37 heavy (non-hydrogen) atoms. The van der Waals surface area contributed by atoms with Gasteiger partial charge in [-0.05, 0) is 43.0 Å². The van der Waals surface area contributed by atoms with E-state index in [9.17, 15) is 18.0 Å². The number of likely N-dealkylation sites (tertiary alicyclic amines) is 1. The molecule has 3 fully saturated rings. The fourth-order valence-corrected chi connectivity index (χ4v) is 6.20. The summed E-state index contributed by atoms with van der Waals surface area (Å²) in [6.07, 6.45) is 1.18. The lowest BCUT2D eigenvalue weighted by molar-refractivity contribution is -0.137. The molecule has 12 heteroatoms. The number of hydrogen-bond donors (Lipinski definition) is 1. The Labute approximate surface area is 219 Å². The van der Waals surface area contributed by atoms with E-state index in [-0.39, 0.29) is 6.03 Å². The van der Waals surface area contributed by atoms with Crippen LogP contribution in [0.4, 0.5) is 29.5 Å². The van der Waals surface area contributed by atoms with E-state index in [1.165, 1.54) is 28.8 Å². The number of amides is 1. The number of hydrogen-bond acceptors (Lipinski definition) is 7. The molecule has 1 N–H and O–H groups in total. The van der Waals surface area contributed by atoms with Crippen molar-refractivity contribution in [2.24, 2.45) is 5.41 Å². The maximum Gasteiger partial charge on any atom is 0.416 e. The molecule has 1 aromatic carbocycles. The second-order valence-electron chi connectivity index (χ2n) is 10.5. The van der Waals surface area contributed by atoms with Gasteiger partial charge in [-0.25, -0.2) is 4.79 Å². The zero-order valence-electron chi connectivity index (χ0n) is 21.3. The quantitative estimate of drug-likeness (QED) is 0.581. The number of alkyl halides is 3. The van der Waals surface area contributed by atoms with Gasteiger partial charge in [-0.1, -0.05) is 18.0 Å². The molecule has 8 nitrogen and oxygen atoms in total. The number of aromatic nitrogens is 2. The molecule has 3 aliphatic heterocycles. The van der Waals surface area contributed by atoms with Crippen molar-refractivity contribution >= 4 is 29.5 Å². The standard InChI is InChI=1S/C25H34F3N7OS/c1-31-17-24(18-31)6-9-33(10-7-24)21-15-20(25(26,27)28)4-3-19(21)16-32-11-13-34(14-12-32)23(36)35-8-5-22(29-35)30-37-2/h3-5,8,15H,6-7,9-14,16-18H2,1-2H3,(H,29,30). The normalized spacial score (nSPS) is 20.8. The van der Waals surface area contributed by atoms with Gasteiger partial charge in [0.15, 0.2) is 5.82 Å². The van der Waals surface area contributed by atoms with Gasteiger partial charge in [-0.3, -0.25) is 4.90 Å². The lowest BCUT2D eigenvalue weighted by atomic mass is 9.72. The summed E-state index contributed by atoms with van der Waals surface area (Å²) in [5.41, 5.74) is 1.34. The number of halogens is 3. The van der Waals surface area contributed by atoms with E-state index in [1.807, 2.05) is 6.26 Å². The van der Waals surface area contributed by atoms with E-state index >= 15 is 0 Å². The second kappa shape index (κ2) is 10.4. The number of nitrogens with one attached hydrogen (secondary N) is 1. The van der Waals surface area contributed by atoms with Crippen molar-refractivity contribution in [3.05, 3.63) is 41.6 Å². The van der Waals surface area contributed by atoms with Gasteiger partial charge in [-0.15, -0.1) is 5.10 Å². The Morgan fingerprint density at radius 2 is 1.78 bits per heavy atom. The van der Waals surface area contributed by atoms with E-state index in [1.54, 1.807) is 23.2 Å². The number of nitrogens with zero attached hydrogens (tertiary/aromatic N) is 6. The van der Waals surface area contributed by atoms with Crippen LogP contribution in [-0.2, 0) is 12.7 Å². The molecule has 3 saturated heterocycles. The van der Waals surface area contributed by atoms with E-state index in [0.717, 1.165) is 44.6 Å². The third-order valence-corrected chi connectivity index (χ3v) is 8.23. The van der Waals surface area contributed by atoms with Crippen molar-refractivity contribution < 1.29 is 18.0 Å². The first-order valence-corrected chi connectivity index (χ1v) is 13.9. The molecule has 0 atom stereocenters. The minimum atomic E-state index is -4.37. The molecule has 4 heterocycles. The van der Waals surface area contributed by atoms with Crippen LogP contribution < -0.4 is 9.62 Å². The Morgan fingerprint density at radius 1 is 1.08 bits per heavy atom. The fraction of sp³-hybridized carbons (Fsp3) is 0.600. The molecule has 3 aliphatic rings. The van der Waals surface area contributed by atoms with Crippen LogP contribution in [0.5, 0.6) is 0 Å². The molecular formula is C25H34F3N7OS. The summed E-state index contributed by atoms with van der Waals surface area (Å²) in [7, 11) is 2.12. The predicted octanol–water partition coefficient (Wildman–Crippen LogP) is 3.91. The van der Waals surface area contributed by atoms with Crippen LogP contribution in [0.1, 0.15) is 24.0 Å². The molecule has 0 saturated carbocycles. The molecule has 1 amide bonds. The Bertz CT molecular complexity index is 1100. The third kappa shape index (κ3) is 5.70. The highest BCUT2D eigenvalue weighted by molar-refractivity contribution is 7.99. The van der Waals surface area contributed by atoms with E-state index in [2.05, 4.69) is 31.6 Å². The molecule has 0 aliphatic carbocycles. The minimum absolute atomic E-state index is 0.173. The van der Waals surface area contributed by atoms with Crippen molar-refractivity contribution in [3.63, 3.8) is 0 Å². The summed E-state index contributed by atoms with van der Waals surface area (Å²) in [5.74, 6) is 0.627. The Kier molecular flexibility index (Phi) is 7.34. The highest BCUT2D eigenvalue weighted by Crippen LogP contribution is 2.42. The van der Waals surface area contributed by atoms with Crippen LogP contribution in [0.25, 0.3) is 0 Å². The minimum Gasteiger partial charge on any atom is -0.371 e. The zero-order chi connectivity index (χ0) is 26.2. The number of piperidine rings is 1. The van der Waals surface area contributed by atoms with E-state index < -0.39 is 11.7 Å². The number of carbonyl (C=O) groups is 1. The summed E-state index contributed by atoms with van der Waals surface area (Å²) in [4.78, 5) is 21.3. The van der Waals surface area contributed by atoms with Crippen LogP contribution in [0.2, 0.25) is 0 Å². The van der Waals surface area contributed by atoms with Crippen LogP contribution in [0.15, 0.2) is 30.5 Å². The highest BCUT2D eigenvalue weighted by Gasteiger charge is 2.43. The summed E-state index contributed by atoms with van der Waals surface area (Å²) in [6, 6.07) is 5.75. The van der Waals surface area contributed by atoms with E-state index in [4.69, 9.17) is 0 Å². The molecule has 2 aromatic rings. The maximum atomic E-state index is 13.6. The molecular weight excluding hydrogens is 503 g/mol. The molecule has 1 spiro atoms. The van der Waals surface area contributed by atoms with Gasteiger partial charge < -0.3 is 19.4 Å². The number of piperazine rings is 1. The van der Waals surface area contributed by atoms with Crippen molar-refractivity contribution in [2.45, 2.75) is 25.6 Å². The molecule has 202 valence electrons. The molecule has 5 rings (SSSR count). The zero-order valence-corrected chi connectivity index (χ0v) is 22.1. The summed E-state index contributed by atoms with van der Waals surface area (Å²) in [6.45, 7) is 6.66. The lowest BCUT2D eigenvalue weighted by Crippen LogP contribution is -2.58. The monoisotopic (exact) mass is 537 g/mol. The number of carbonyl (C=O) groups excluding carboxylic acids is 1. The fourth-order valence-electron chi connectivity index (χ4n) is 5.88. The molecule has 1 aromatic heterocycles. The van der Waals surface area contributed by atoms with Gasteiger partial charge in [0.1, 0.15) is 0 Å². The first kappa shape index (κ1) is 26.2.